The summed E-state index contributed by atoms with van der Waals surface area (Å²) in [6.45, 7) is 6.30. The van der Waals surface area contributed by atoms with Crippen molar-refractivity contribution >= 4 is 5.96 Å². The largest absolute Gasteiger partial charge is 0.484 e. The van der Waals surface area contributed by atoms with Crippen molar-refractivity contribution in [2.24, 2.45) is 4.99 Å². The van der Waals surface area contributed by atoms with E-state index in [1.807, 2.05) is 20.0 Å². The Morgan fingerprint density at radius 3 is 2.61 bits per heavy atom. The molecule has 0 fully saturated rings. The molecule has 0 heterocycles. The van der Waals surface area contributed by atoms with Gasteiger partial charge in [-0.15, -0.1) is 0 Å². The molecule has 0 bridgehead atoms. The number of hydrogen-bond acceptors (Lipinski definition) is 4. The zero-order valence-electron chi connectivity index (χ0n) is 17.0. The first kappa shape index (κ1) is 24.0. The van der Waals surface area contributed by atoms with Gasteiger partial charge in [-0.1, -0.05) is 12.1 Å². The number of aryl methyl sites for hydroxylation is 1. The van der Waals surface area contributed by atoms with Crippen LogP contribution in [-0.4, -0.2) is 70.6 Å². The first-order valence-electron chi connectivity index (χ1n) is 9.24. The molecule has 160 valence electrons. The number of rotatable bonds is 11. The minimum atomic E-state index is -4.38. The van der Waals surface area contributed by atoms with Crippen LogP contribution < -0.4 is 15.4 Å². The van der Waals surface area contributed by atoms with Gasteiger partial charge in [-0.2, -0.15) is 13.2 Å². The quantitative estimate of drug-likeness (QED) is 0.439. The lowest BCUT2D eigenvalue weighted by atomic mass is 10.1. The minimum absolute atomic E-state index is 0.205. The van der Waals surface area contributed by atoms with Gasteiger partial charge in [0.15, 0.2) is 12.6 Å². The van der Waals surface area contributed by atoms with Gasteiger partial charge in [0.1, 0.15) is 5.75 Å². The van der Waals surface area contributed by atoms with E-state index in [9.17, 15) is 13.2 Å². The van der Waals surface area contributed by atoms with Crippen LogP contribution >= 0.6 is 0 Å². The topological polar surface area (TPSA) is 58.1 Å². The van der Waals surface area contributed by atoms with Gasteiger partial charge in [0, 0.05) is 38.9 Å². The molecule has 0 saturated heterocycles. The number of methoxy groups -OCH3 is 1. The number of halogens is 3. The van der Waals surface area contributed by atoms with Crippen LogP contribution in [0.5, 0.6) is 5.75 Å². The van der Waals surface area contributed by atoms with Crippen molar-refractivity contribution < 1.29 is 22.6 Å². The molecule has 0 atom stereocenters. The average Bonchev–Trinajstić information content (AvgIpc) is 2.63. The summed E-state index contributed by atoms with van der Waals surface area (Å²) in [5, 5.41) is 6.35. The Balaban J connectivity index is 2.70. The Hall–Kier alpha value is -2.00. The van der Waals surface area contributed by atoms with Crippen molar-refractivity contribution in [3.63, 3.8) is 0 Å². The number of likely N-dealkylation sites (N-methyl/N-ethyl adjacent to an activating group) is 1. The standard InChI is InChI=1S/C19H31F3N4O2/c1-5-23-18(24-8-9-26(3)10-11-27-4)25-13-16-7-6-15(2)12-17(16)28-14-19(20,21)22/h6-7,12H,5,8-11,13-14H2,1-4H3,(H2,23,24,25). The molecule has 2 N–H and O–H groups in total. The maximum absolute atomic E-state index is 12.5. The van der Waals surface area contributed by atoms with Crippen LogP contribution in [0.1, 0.15) is 18.1 Å². The molecule has 0 radical (unpaired) electrons. The number of guanidine groups is 1. The molecule has 0 aromatic heterocycles. The molecular weight excluding hydrogens is 373 g/mol. The van der Waals surface area contributed by atoms with Crippen LogP contribution in [0.3, 0.4) is 0 Å². The van der Waals surface area contributed by atoms with Gasteiger partial charge in [0.2, 0.25) is 0 Å². The summed E-state index contributed by atoms with van der Waals surface area (Å²) >= 11 is 0. The van der Waals surface area contributed by atoms with E-state index in [4.69, 9.17) is 9.47 Å². The van der Waals surface area contributed by atoms with E-state index >= 15 is 0 Å². The first-order valence-corrected chi connectivity index (χ1v) is 9.24. The summed E-state index contributed by atoms with van der Waals surface area (Å²) in [6.07, 6.45) is -4.38. The molecule has 0 amide bonds. The molecule has 0 aliphatic heterocycles. The van der Waals surface area contributed by atoms with E-state index in [0.29, 0.717) is 31.2 Å². The van der Waals surface area contributed by atoms with Gasteiger partial charge >= 0.3 is 6.18 Å². The summed E-state index contributed by atoms with van der Waals surface area (Å²) in [7, 11) is 3.67. The molecule has 0 aliphatic rings. The predicted octanol–water partition coefficient (Wildman–Crippen LogP) is 2.57. The lowest BCUT2D eigenvalue weighted by Gasteiger charge is -2.18. The Morgan fingerprint density at radius 2 is 1.96 bits per heavy atom. The third kappa shape index (κ3) is 10.4. The van der Waals surface area contributed by atoms with Gasteiger partial charge in [0.05, 0.1) is 13.2 Å². The molecule has 0 saturated carbocycles. The molecule has 1 rings (SSSR count). The fraction of sp³-hybridized carbons (Fsp3) is 0.632. The number of nitrogens with zero attached hydrogens (tertiary/aromatic N) is 2. The van der Waals surface area contributed by atoms with E-state index < -0.39 is 12.8 Å². The highest BCUT2D eigenvalue weighted by molar-refractivity contribution is 5.79. The predicted molar refractivity (Wildman–Crippen MR) is 105 cm³/mol. The van der Waals surface area contributed by atoms with E-state index in [-0.39, 0.29) is 12.3 Å². The Labute approximate surface area is 165 Å². The summed E-state index contributed by atoms with van der Waals surface area (Å²) in [5.74, 6) is 0.807. The van der Waals surface area contributed by atoms with Crippen LogP contribution in [0.2, 0.25) is 0 Å². The first-order chi connectivity index (χ1) is 13.2. The highest BCUT2D eigenvalue weighted by atomic mass is 19.4. The molecule has 9 heteroatoms. The third-order valence-corrected chi connectivity index (χ3v) is 3.83. The SMILES string of the molecule is CCNC(=NCc1ccc(C)cc1OCC(F)(F)F)NCCN(C)CCOC. The Bertz CT molecular complexity index is 609. The van der Waals surface area contributed by atoms with Crippen molar-refractivity contribution in [1.29, 1.82) is 0 Å². The fourth-order valence-electron chi connectivity index (χ4n) is 2.32. The second kappa shape index (κ2) is 12.5. The van der Waals surface area contributed by atoms with E-state index in [1.165, 1.54) is 0 Å². The average molecular weight is 404 g/mol. The number of benzene rings is 1. The summed E-state index contributed by atoms with van der Waals surface area (Å²) in [6, 6.07) is 5.17. The zero-order chi connectivity index (χ0) is 21.0. The maximum Gasteiger partial charge on any atom is 0.422 e. The molecule has 1 aromatic carbocycles. The van der Waals surface area contributed by atoms with Gasteiger partial charge in [-0.3, -0.25) is 0 Å². The number of aliphatic imine (C=N–C) groups is 1. The summed E-state index contributed by atoms with van der Waals surface area (Å²) in [4.78, 5) is 6.60. The highest BCUT2D eigenvalue weighted by Crippen LogP contribution is 2.24. The van der Waals surface area contributed by atoms with Crippen molar-refractivity contribution in [2.45, 2.75) is 26.6 Å². The van der Waals surface area contributed by atoms with Crippen molar-refractivity contribution in [2.75, 3.05) is 53.6 Å². The Kier molecular flexibility index (Phi) is 10.7. The van der Waals surface area contributed by atoms with E-state index in [0.717, 1.165) is 18.7 Å². The second-order valence-electron chi connectivity index (χ2n) is 6.43. The number of ether oxygens (including phenoxy) is 2. The molecule has 1 aromatic rings. The second-order valence-corrected chi connectivity index (χ2v) is 6.43. The van der Waals surface area contributed by atoms with Gasteiger partial charge < -0.3 is 25.0 Å². The van der Waals surface area contributed by atoms with Crippen LogP contribution in [0.15, 0.2) is 23.2 Å². The lowest BCUT2D eigenvalue weighted by Crippen LogP contribution is -2.41. The summed E-state index contributed by atoms with van der Waals surface area (Å²) in [5.41, 5.74) is 1.43. The maximum atomic E-state index is 12.5. The van der Waals surface area contributed by atoms with Crippen LogP contribution in [0.25, 0.3) is 0 Å². The smallest absolute Gasteiger partial charge is 0.422 e. The fourth-order valence-corrected chi connectivity index (χ4v) is 2.32. The lowest BCUT2D eigenvalue weighted by molar-refractivity contribution is -0.153. The molecule has 28 heavy (non-hydrogen) atoms. The van der Waals surface area contributed by atoms with Crippen molar-refractivity contribution in [1.82, 2.24) is 15.5 Å². The molecule has 6 nitrogen and oxygen atoms in total. The Morgan fingerprint density at radius 1 is 1.21 bits per heavy atom. The van der Waals surface area contributed by atoms with Gasteiger partial charge in [-0.25, -0.2) is 4.99 Å². The highest BCUT2D eigenvalue weighted by Gasteiger charge is 2.28. The molecule has 0 aliphatic carbocycles. The van der Waals surface area contributed by atoms with E-state index in [1.54, 1.807) is 26.2 Å². The monoisotopic (exact) mass is 404 g/mol. The number of hydrogen-bond donors (Lipinski definition) is 2. The van der Waals surface area contributed by atoms with Gasteiger partial charge in [-0.05, 0) is 32.5 Å². The molecular formula is C19H31F3N4O2. The van der Waals surface area contributed by atoms with Crippen molar-refractivity contribution in [3.05, 3.63) is 29.3 Å². The summed E-state index contributed by atoms with van der Waals surface area (Å²) < 4.78 is 47.5. The number of alkyl halides is 3. The van der Waals surface area contributed by atoms with Crippen LogP contribution in [0.4, 0.5) is 13.2 Å². The van der Waals surface area contributed by atoms with E-state index in [2.05, 4.69) is 20.5 Å². The molecule has 0 spiro atoms. The van der Waals surface area contributed by atoms with Crippen LogP contribution in [0, 0.1) is 6.92 Å². The molecule has 0 unspecified atom stereocenters. The van der Waals surface area contributed by atoms with Crippen LogP contribution in [-0.2, 0) is 11.3 Å². The minimum Gasteiger partial charge on any atom is -0.484 e. The third-order valence-electron chi connectivity index (χ3n) is 3.83. The zero-order valence-corrected chi connectivity index (χ0v) is 17.0. The number of nitrogens with one attached hydrogen (secondary N) is 2. The normalized spacial score (nSPS) is 12.4. The van der Waals surface area contributed by atoms with Gasteiger partial charge in [0.25, 0.3) is 0 Å². The van der Waals surface area contributed by atoms with Crippen molar-refractivity contribution in [3.8, 4) is 5.75 Å².